The summed E-state index contributed by atoms with van der Waals surface area (Å²) in [6.45, 7) is -0.947. The maximum absolute atomic E-state index is 13.1. The van der Waals surface area contributed by atoms with Gasteiger partial charge in [0.15, 0.2) is 0 Å². The van der Waals surface area contributed by atoms with E-state index in [1.165, 1.54) is 0 Å². The predicted octanol–water partition coefficient (Wildman–Crippen LogP) is 2.68. The van der Waals surface area contributed by atoms with Gasteiger partial charge in [-0.25, -0.2) is 18.7 Å². The highest BCUT2D eigenvalue weighted by molar-refractivity contribution is 7.92. The predicted molar refractivity (Wildman–Crippen MR) is 89.7 cm³/mol. The molecule has 0 aliphatic heterocycles. The van der Waals surface area contributed by atoms with Crippen LogP contribution in [0.3, 0.4) is 0 Å². The number of nitrogens with zero attached hydrogens (tertiary/aromatic N) is 1. The molecule has 0 aliphatic carbocycles. The maximum Gasteiger partial charge on any atom is 0.416 e. The van der Waals surface area contributed by atoms with E-state index in [-0.39, 0.29) is 5.02 Å². The van der Waals surface area contributed by atoms with Gasteiger partial charge in [-0.3, -0.25) is 14.5 Å². The highest BCUT2D eigenvalue weighted by atomic mass is 35.5. The van der Waals surface area contributed by atoms with Gasteiger partial charge in [-0.1, -0.05) is 11.6 Å². The Bertz CT molecular complexity index is 950. The van der Waals surface area contributed by atoms with Crippen molar-refractivity contribution in [2.75, 3.05) is 10.8 Å². The third-order valence-corrected chi connectivity index (χ3v) is 5.49. The number of halogens is 5. The lowest BCUT2D eigenvalue weighted by molar-refractivity contribution is -0.137. The van der Waals surface area contributed by atoms with Crippen LogP contribution in [0, 0.1) is 5.82 Å². The van der Waals surface area contributed by atoms with Gasteiger partial charge in [0, 0.05) is 0 Å². The lowest BCUT2D eigenvalue weighted by atomic mass is 10.2. The van der Waals surface area contributed by atoms with Gasteiger partial charge in [-0.2, -0.15) is 13.2 Å². The van der Waals surface area contributed by atoms with E-state index in [2.05, 4.69) is 0 Å². The molecule has 0 bridgehead atoms. The number of nitrogens with one attached hydrogen (secondary N) is 1. The monoisotopic (exact) mass is 425 g/mol. The Morgan fingerprint density at radius 2 is 1.74 bits per heavy atom. The molecule has 2 rings (SSSR count). The van der Waals surface area contributed by atoms with E-state index < -0.39 is 50.6 Å². The molecule has 6 nitrogen and oxygen atoms in total. The van der Waals surface area contributed by atoms with Gasteiger partial charge in [0.25, 0.3) is 15.9 Å². The summed E-state index contributed by atoms with van der Waals surface area (Å²) in [6.07, 6.45) is -4.78. The highest BCUT2D eigenvalue weighted by Gasteiger charge is 2.34. The SMILES string of the molecule is NNC(=O)CN(c1cc(C(F)(F)F)ccc1Cl)S(=O)(=O)c1ccc(F)cc1. The molecular weight excluding hydrogens is 414 g/mol. The number of benzene rings is 2. The van der Waals surface area contributed by atoms with Crippen molar-refractivity contribution in [2.24, 2.45) is 5.84 Å². The first-order chi connectivity index (χ1) is 12.5. The van der Waals surface area contributed by atoms with Crippen LogP contribution in [0.15, 0.2) is 47.4 Å². The average molecular weight is 426 g/mol. The first-order valence-electron chi connectivity index (χ1n) is 7.11. The van der Waals surface area contributed by atoms with E-state index in [1.807, 2.05) is 0 Å². The maximum atomic E-state index is 13.1. The lowest BCUT2D eigenvalue weighted by Crippen LogP contribution is -2.43. The summed E-state index contributed by atoms with van der Waals surface area (Å²) in [5.41, 5.74) is -0.0639. The number of alkyl halides is 3. The molecule has 0 heterocycles. The van der Waals surface area contributed by atoms with E-state index in [1.54, 1.807) is 5.43 Å². The number of hydrazine groups is 1. The number of carbonyl (C=O) groups excluding carboxylic acids is 1. The van der Waals surface area contributed by atoms with Gasteiger partial charge in [0.1, 0.15) is 12.4 Å². The molecule has 27 heavy (non-hydrogen) atoms. The summed E-state index contributed by atoms with van der Waals surface area (Å²) in [5, 5.41) is -0.349. The second-order valence-electron chi connectivity index (χ2n) is 5.20. The van der Waals surface area contributed by atoms with Crippen LogP contribution in [-0.4, -0.2) is 20.9 Å². The fourth-order valence-corrected chi connectivity index (χ4v) is 3.79. The molecule has 0 aliphatic rings. The zero-order valence-electron chi connectivity index (χ0n) is 13.3. The summed E-state index contributed by atoms with van der Waals surface area (Å²) < 4.78 is 78.2. The first-order valence-corrected chi connectivity index (χ1v) is 8.93. The number of amides is 1. The highest BCUT2D eigenvalue weighted by Crippen LogP contribution is 2.37. The number of anilines is 1. The smallest absolute Gasteiger partial charge is 0.293 e. The average Bonchev–Trinajstić information content (AvgIpc) is 2.59. The summed E-state index contributed by atoms with van der Waals surface area (Å²) in [7, 11) is -4.56. The molecule has 0 fully saturated rings. The minimum atomic E-state index is -4.78. The van der Waals surface area contributed by atoms with Crippen molar-refractivity contribution < 1.29 is 30.8 Å². The van der Waals surface area contributed by atoms with Crippen LogP contribution in [0.4, 0.5) is 23.2 Å². The Labute approximate surface area is 156 Å². The molecule has 0 atom stereocenters. The van der Waals surface area contributed by atoms with Crippen LogP contribution < -0.4 is 15.6 Å². The zero-order chi connectivity index (χ0) is 20.4. The Kier molecular flexibility index (Phi) is 5.97. The molecular formula is C15H12ClF4N3O3S. The summed E-state index contributed by atoms with van der Waals surface area (Å²) in [4.78, 5) is 11.2. The fraction of sp³-hybridized carbons (Fsp3) is 0.133. The second kappa shape index (κ2) is 7.71. The van der Waals surface area contributed by atoms with Crippen LogP contribution in [0.2, 0.25) is 5.02 Å². The van der Waals surface area contributed by atoms with Crippen LogP contribution in [-0.2, 0) is 21.0 Å². The normalized spacial score (nSPS) is 11.9. The molecule has 12 heteroatoms. The summed E-state index contributed by atoms with van der Waals surface area (Å²) in [5.74, 6) is 3.22. The largest absolute Gasteiger partial charge is 0.416 e. The van der Waals surface area contributed by atoms with Gasteiger partial charge in [0.05, 0.1) is 21.2 Å². The van der Waals surface area contributed by atoms with Crippen molar-refractivity contribution >= 4 is 33.2 Å². The van der Waals surface area contributed by atoms with Crippen molar-refractivity contribution in [1.82, 2.24) is 5.43 Å². The molecule has 2 aromatic rings. The topological polar surface area (TPSA) is 92.5 Å². The molecule has 0 unspecified atom stereocenters. The third-order valence-electron chi connectivity index (χ3n) is 3.39. The van der Waals surface area contributed by atoms with Crippen LogP contribution in [0.1, 0.15) is 5.56 Å². The van der Waals surface area contributed by atoms with Crippen molar-refractivity contribution in [1.29, 1.82) is 0 Å². The van der Waals surface area contributed by atoms with Crippen LogP contribution in [0.25, 0.3) is 0 Å². The van der Waals surface area contributed by atoms with Crippen molar-refractivity contribution in [3.05, 3.63) is 58.9 Å². The van der Waals surface area contributed by atoms with Crippen molar-refractivity contribution in [2.45, 2.75) is 11.1 Å². The number of nitrogens with two attached hydrogens (primary N) is 1. The van der Waals surface area contributed by atoms with Gasteiger partial charge in [0.2, 0.25) is 0 Å². The minimum absolute atomic E-state index is 0.349. The van der Waals surface area contributed by atoms with Gasteiger partial charge < -0.3 is 0 Å². The minimum Gasteiger partial charge on any atom is -0.293 e. The zero-order valence-corrected chi connectivity index (χ0v) is 14.9. The van der Waals surface area contributed by atoms with Gasteiger partial charge in [-0.05, 0) is 42.5 Å². The quantitative estimate of drug-likeness (QED) is 0.333. The number of rotatable bonds is 5. The van der Waals surface area contributed by atoms with Gasteiger partial charge in [-0.15, -0.1) is 0 Å². The molecule has 2 aromatic carbocycles. The molecule has 0 radical (unpaired) electrons. The van der Waals surface area contributed by atoms with Crippen molar-refractivity contribution in [3.8, 4) is 0 Å². The van der Waals surface area contributed by atoms with Crippen LogP contribution >= 0.6 is 11.6 Å². The Morgan fingerprint density at radius 3 is 2.26 bits per heavy atom. The Balaban J connectivity index is 2.65. The number of sulfonamides is 1. The standard InChI is InChI=1S/C15H12ClF4N3O3S/c16-12-6-1-9(15(18,19)20)7-13(12)23(8-14(24)22-21)27(25,26)11-4-2-10(17)3-5-11/h1-7H,8,21H2,(H,22,24). The number of hydrogen-bond acceptors (Lipinski definition) is 4. The Morgan fingerprint density at radius 1 is 1.15 bits per heavy atom. The van der Waals surface area contributed by atoms with E-state index in [0.717, 1.165) is 30.3 Å². The van der Waals surface area contributed by atoms with Crippen LogP contribution in [0.5, 0.6) is 0 Å². The van der Waals surface area contributed by atoms with Gasteiger partial charge >= 0.3 is 6.18 Å². The molecule has 0 saturated carbocycles. The van der Waals surface area contributed by atoms with E-state index in [4.69, 9.17) is 17.4 Å². The first kappa shape index (κ1) is 20.9. The molecule has 3 N–H and O–H groups in total. The fourth-order valence-electron chi connectivity index (χ4n) is 2.09. The number of hydrogen-bond donors (Lipinski definition) is 2. The Hall–Kier alpha value is -2.37. The summed E-state index contributed by atoms with van der Waals surface area (Å²) in [6, 6.07) is 5.51. The molecule has 146 valence electrons. The summed E-state index contributed by atoms with van der Waals surface area (Å²) >= 11 is 5.89. The molecule has 0 saturated heterocycles. The lowest BCUT2D eigenvalue weighted by Gasteiger charge is -2.25. The molecule has 0 spiro atoms. The third kappa shape index (κ3) is 4.67. The second-order valence-corrected chi connectivity index (χ2v) is 7.47. The van der Waals surface area contributed by atoms with E-state index in [0.29, 0.717) is 16.4 Å². The molecule has 0 aromatic heterocycles. The number of carbonyl (C=O) groups is 1. The van der Waals surface area contributed by atoms with Crippen molar-refractivity contribution in [3.63, 3.8) is 0 Å². The van der Waals surface area contributed by atoms with E-state index >= 15 is 0 Å². The molecule has 1 amide bonds. The van der Waals surface area contributed by atoms with E-state index in [9.17, 15) is 30.8 Å².